The van der Waals surface area contributed by atoms with E-state index in [1.165, 1.54) is 24.9 Å². The fourth-order valence-electron chi connectivity index (χ4n) is 3.12. The maximum Gasteiger partial charge on any atom is 0.154 e. The summed E-state index contributed by atoms with van der Waals surface area (Å²) in [4.78, 5) is 11.5. The molecule has 1 aromatic heterocycles. The van der Waals surface area contributed by atoms with Crippen LogP contribution in [-0.2, 0) is 17.9 Å². The Morgan fingerprint density at radius 2 is 2.09 bits per heavy atom. The average Bonchev–Trinajstić information content (AvgIpc) is 2.57. The Bertz CT molecular complexity index is 588. The van der Waals surface area contributed by atoms with Gasteiger partial charge in [-0.15, -0.1) is 0 Å². The van der Waals surface area contributed by atoms with Crippen LogP contribution in [0.15, 0.2) is 42.6 Å². The van der Waals surface area contributed by atoms with Crippen LogP contribution in [0, 0.1) is 0 Å². The molecule has 1 aliphatic rings. The number of rotatable bonds is 5. The predicted octanol–water partition coefficient (Wildman–Crippen LogP) is 3.00. The Balaban J connectivity index is 1.66. The minimum Gasteiger partial charge on any atom is -0.377 e. The number of methoxy groups -OCH3 is 1. The standard InChI is InChI=1S/C18H23N3O/c1-22-14-18-19-10-9-17(20-18)16-8-5-11-21(13-16)12-15-6-3-2-4-7-15/h2-4,6-7,9-10,16H,5,8,11-14H2,1H3. The highest BCUT2D eigenvalue weighted by molar-refractivity contribution is 5.15. The van der Waals surface area contributed by atoms with Crippen LogP contribution in [-0.4, -0.2) is 35.1 Å². The molecule has 0 bridgehead atoms. The van der Waals surface area contributed by atoms with Gasteiger partial charge in [-0.25, -0.2) is 9.97 Å². The zero-order valence-corrected chi connectivity index (χ0v) is 13.1. The highest BCUT2D eigenvalue weighted by Crippen LogP contribution is 2.26. The van der Waals surface area contributed by atoms with E-state index in [4.69, 9.17) is 4.74 Å². The third kappa shape index (κ3) is 3.90. The Labute approximate surface area is 132 Å². The average molecular weight is 297 g/mol. The van der Waals surface area contributed by atoms with Crippen molar-refractivity contribution in [3.8, 4) is 0 Å². The van der Waals surface area contributed by atoms with Crippen molar-refractivity contribution in [2.24, 2.45) is 0 Å². The molecule has 0 radical (unpaired) electrons. The molecule has 1 atom stereocenters. The second kappa shape index (κ2) is 7.47. The summed E-state index contributed by atoms with van der Waals surface area (Å²) in [6, 6.07) is 12.7. The molecule has 4 heteroatoms. The molecule has 3 rings (SSSR count). The van der Waals surface area contributed by atoms with Crippen molar-refractivity contribution in [3.63, 3.8) is 0 Å². The number of ether oxygens (including phenoxy) is 1. The summed E-state index contributed by atoms with van der Waals surface area (Å²) < 4.78 is 5.13. The number of hydrogen-bond donors (Lipinski definition) is 0. The summed E-state index contributed by atoms with van der Waals surface area (Å²) in [6.45, 7) is 3.74. The minimum atomic E-state index is 0.480. The van der Waals surface area contributed by atoms with Crippen LogP contribution >= 0.6 is 0 Å². The van der Waals surface area contributed by atoms with Crippen molar-refractivity contribution in [2.45, 2.75) is 31.9 Å². The molecule has 1 fully saturated rings. The van der Waals surface area contributed by atoms with Gasteiger partial charge in [-0.3, -0.25) is 4.90 Å². The van der Waals surface area contributed by atoms with Crippen molar-refractivity contribution < 1.29 is 4.74 Å². The third-order valence-electron chi connectivity index (χ3n) is 4.17. The summed E-state index contributed by atoms with van der Waals surface area (Å²) in [5.41, 5.74) is 2.53. The number of hydrogen-bond acceptors (Lipinski definition) is 4. The molecule has 0 spiro atoms. The van der Waals surface area contributed by atoms with E-state index < -0.39 is 0 Å². The minimum absolute atomic E-state index is 0.480. The van der Waals surface area contributed by atoms with E-state index in [2.05, 4.69) is 51.3 Å². The molecule has 1 saturated heterocycles. The summed E-state index contributed by atoms with van der Waals surface area (Å²) in [5, 5.41) is 0. The molecule has 116 valence electrons. The number of nitrogens with zero attached hydrogens (tertiary/aromatic N) is 3. The molecule has 0 aliphatic carbocycles. The number of piperidine rings is 1. The lowest BCUT2D eigenvalue weighted by atomic mass is 9.94. The normalized spacial score (nSPS) is 19.2. The highest BCUT2D eigenvalue weighted by Gasteiger charge is 2.22. The van der Waals surface area contributed by atoms with Crippen molar-refractivity contribution in [2.75, 3.05) is 20.2 Å². The van der Waals surface area contributed by atoms with Gasteiger partial charge in [-0.1, -0.05) is 30.3 Å². The molecule has 0 N–H and O–H groups in total. The summed E-state index contributed by atoms with van der Waals surface area (Å²) in [5.74, 6) is 1.27. The van der Waals surface area contributed by atoms with Gasteiger partial charge in [0.1, 0.15) is 6.61 Å². The summed E-state index contributed by atoms with van der Waals surface area (Å²) >= 11 is 0. The van der Waals surface area contributed by atoms with Crippen LogP contribution in [0.5, 0.6) is 0 Å². The largest absolute Gasteiger partial charge is 0.377 e. The first kappa shape index (κ1) is 15.1. The molecule has 4 nitrogen and oxygen atoms in total. The van der Waals surface area contributed by atoms with E-state index in [0.29, 0.717) is 12.5 Å². The van der Waals surface area contributed by atoms with Gasteiger partial charge in [0.15, 0.2) is 5.82 Å². The van der Waals surface area contributed by atoms with Gasteiger partial charge in [0.2, 0.25) is 0 Å². The number of aromatic nitrogens is 2. The topological polar surface area (TPSA) is 38.2 Å². The van der Waals surface area contributed by atoms with Gasteiger partial charge in [-0.2, -0.15) is 0 Å². The van der Waals surface area contributed by atoms with Crippen LogP contribution in [0.4, 0.5) is 0 Å². The quantitative estimate of drug-likeness (QED) is 0.850. The van der Waals surface area contributed by atoms with Crippen LogP contribution in [0.2, 0.25) is 0 Å². The molecule has 1 aromatic carbocycles. The lowest BCUT2D eigenvalue weighted by molar-refractivity contribution is 0.176. The Morgan fingerprint density at radius 1 is 1.23 bits per heavy atom. The SMILES string of the molecule is COCc1nccc(C2CCCN(Cc3ccccc3)C2)n1. The molecule has 22 heavy (non-hydrogen) atoms. The van der Waals surface area contributed by atoms with Gasteiger partial charge in [0.05, 0.1) is 0 Å². The summed E-state index contributed by atoms with van der Waals surface area (Å²) in [7, 11) is 1.68. The smallest absolute Gasteiger partial charge is 0.154 e. The second-order valence-corrected chi connectivity index (χ2v) is 5.89. The van der Waals surface area contributed by atoms with E-state index >= 15 is 0 Å². The van der Waals surface area contributed by atoms with E-state index in [1.807, 2.05) is 6.20 Å². The van der Waals surface area contributed by atoms with Gasteiger partial charge in [0.25, 0.3) is 0 Å². The molecule has 2 heterocycles. The molecule has 1 aliphatic heterocycles. The van der Waals surface area contributed by atoms with Crippen molar-refractivity contribution in [3.05, 3.63) is 59.7 Å². The first-order valence-corrected chi connectivity index (χ1v) is 7.92. The fourth-order valence-corrected chi connectivity index (χ4v) is 3.12. The van der Waals surface area contributed by atoms with Crippen LogP contribution < -0.4 is 0 Å². The second-order valence-electron chi connectivity index (χ2n) is 5.89. The van der Waals surface area contributed by atoms with Crippen molar-refractivity contribution in [1.29, 1.82) is 0 Å². The summed E-state index contributed by atoms with van der Waals surface area (Å²) in [6.07, 6.45) is 4.28. The Morgan fingerprint density at radius 3 is 2.91 bits per heavy atom. The monoisotopic (exact) mass is 297 g/mol. The maximum absolute atomic E-state index is 5.13. The first-order valence-electron chi connectivity index (χ1n) is 7.92. The molecular formula is C18H23N3O. The van der Waals surface area contributed by atoms with E-state index in [9.17, 15) is 0 Å². The zero-order valence-electron chi connectivity index (χ0n) is 13.1. The van der Waals surface area contributed by atoms with E-state index in [-0.39, 0.29) is 0 Å². The van der Waals surface area contributed by atoms with Gasteiger partial charge in [-0.05, 0) is 31.0 Å². The molecule has 0 amide bonds. The number of benzene rings is 1. The van der Waals surface area contributed by atoms with Crippen molar-refractivity contribution >= 4 is 0 Å². The molecule has 1 unspecified atom stereocenters. The lowest BCUT2D eigenvalue weighted by Crippen LogP contribution is -2.34. The van der Waals surface area contributed by atoms with Crippen LogP contribution in [0.3, 0.4) is 0 Å². The van der Waals surface area contributed by atoms with Gasteiger partial charge < -0.3 is 4.74 Å². The molecule has 2 aromatic rings. The maximum atomic E-state index is 5.13. The van der Waals surface area contributed by atoms with Crippen molar-refractivity contribution in [1.82, 2.24) is 14.9 Å². The molecular weight excluding hydrogens is 274 g/mol. The highest BCUT2D eigenvalue weighted by atomic mass is 16.5. The third-order valence-corrected chi connectivity index (χ3v) is 4.17. The first-order chi connectivity index (χ1) is 10.8. The molecule has 0 saturated carbocycles. The lowest BCUT2D eigenvalue weighted by Gasteiger charge is -2.32. The zero-order chi connectivity index (χ0) is 15.2. The van der Waals surface area contributed by atoms with E-state index in [0.717, 1.165) is 24.6 Å². The van der Waals surface area contributed by atoms with Crippen LogP contribution in [0.25, 0.3) is 0 Å². The Kier molecular flexibility index (Phi) is 5.14. The Hall–Kier alpha value is -1.78. The van der Waals surface area contributed by atoms with E-state index in [1.54, 1.807) is 7.11 Å². The van der Waals surface area contributed by atoms with Gasteiger partial charge >= 0.3 is 0 Å². The predicted molar refractivity (Wildman–Crippen MR) is 86.4 cm³/mol. The fraction of sp³-hybridized carbons (Fsp3) is 0.444. The number of likely N-dealkylation sites (tertiary alicyclic amines) is 1. The van der Waals surface area contributed by atoms with Gasteiger partial charge in [0, 0.05) is 38.0 Å². The van der Waals surface area contributed by atoms with Crippen LogP contribution in [0.1, 0.15) is 35.8 Å².